The number of nitrogens with zero attached hydrogens (tertiary/aromatic N) is 2. The van der Waals surface area contributed by atoms with E-state index in [4.69, 9.17) is 5.10 Å². The number of nitrogens with one attached hydrogen (secondary N) is 2. The summed E-state index contributed by atoms with van der Waals surface area (Å²) in [6, 6.07) is 7.77. The SMILES string of the molecule is CCSC1=NN2[C@H](C(=O)N1)c1ccccc1NC21CCCC1. The highest BCUT2D eigenvalue weighted by Gasteiger charge is 2.51. The van der Waals surface area contributed by atoms with Gasteiger partial charge < -0.3 is 10.6 Å². The predicted octanol–water partition coefficient (Wildman–Crippen LogP) is 2.88. The lowest BCUT2D eigenvalue weighted by Crippen LogP contribution is -2.60. The monoisotopic (exact) mass is 316 g/mol. The van der Waals surface area contributed by atoms with Gasteiger partial charge in [0.2, 0.25) is 0 Å². The summed E-state index contributed by atoms with van der Waals surface area (Å²) in [5.41, 5.74) is 1.88. The fraction of sp³-hybridized carbons (Fsp3) is 0.500. The number of benzene rings is 1. The predicted molar refractivity (Wildman–Crippen MR) is 89.6 cm³/mol. The van der Waals surface area contributed by atoms with Gasteiger partial charge in [0, 0.05) is 11.3 Å². The molecule has 1 atom stereocenters. The lowest BCUT2D eigenvalue weighted by atomic mass is 9.93. The van der Waals surface area contributed by atoms with E-state index in [1.54, 1.807) is 11.8 Å². The van der Waals surface area contributed by atoms with Crippen molar-refractivity contribution in [2.24, 2.45) is 5.10 Å². The molecule has 1 spiro atoms. The van der Waals surface area contributed by atoms with Crippen molar-refractivity contribution in [1.82, 2.24) is 10.3 Å². The van der Waals surface area contributed by atoms with Crippen molar-refractivity contribution in [3.8, 4) is 0 Å². The summed E-state index contributed by atoms with van der Waals surface area (Å²) in [6.45, 7) is 2.07. The first-order valence-corrected chi connectivity index (χ1v) is 8.91. The molecule has 0 saturated heterocycles. The Hall–Kier alpha value is -1.69. The Kier molecular flexibility index (Phi) is 3.29. The number of amides is 1. The molecule has 2 N–H and O–H groups in total. The molecule has 0 aromatic heterocycles. The number of hydrogen-bond acceptors (Lipinski definition) is 5. The summed E-state index contributed by atoms with van der Waals surface area (Å²) in [7, 11) is 0. The van der Waals surface area contributed by atoms with Crippen molar-refractivity contribution >= 4 is 28.5 Å². The van der Waals surface area contributed by atoms with Crippen LogP contribution in [0, 0.1) is 0 Å². The second kappa shape index (κ2) is 5.19. The normalized spacial score (nSPS) is 25.1. The largest absolute Gasteiger partial charge is 0.361 e. The average molecular weight is 316 g/mol. The quantitative estimate of drug-likeness (QED) is 0.836. The topological polar surface area (TPSA) is 56.7 Å². The highest BCUT2D eigenvalue weighted by molar-refractivity contribution is 8.13. The summed E-state index contributed by atoms with van der Waals surface area (Å²) >= 11 is 1.58. The molecule has 0 radical (unpaired) electrons. The van der Waals surface area contributed by atoms with Crippen LogP contribution in [-0.2, 0) is 4.79 Å². The highest BCUT2D eigenvalue weighted by Crippen LogP contribution is 2.47. The Labute approximate surface area is 134 Å². The van der Waals surface area contributed by atoms with Crippen molar-refractivity contribution in [3.05, 3.63) is 29.8 Å². The van der Waals surface area contributed by atoms with Gasteiger partial charge in [-0.3, -0.25) is 9.80 Å². The fourth-order valence-electron chi connectivity index (χ4n) is 3.75. The fourth-order valence-corrected chi connectivity index (χ4v) is 4.35. The first-order valence-electron chi connectivity index (χ1n) is 7.92. The number of amidine groups is 1. The summed E-state index contributed by atoms with van der Waals surface area (Å²) in [5.74, 6) is 0.931. The maximum absolute atomic E-state index is 12.7. The second-order valence-electron chi connectivity index (χ2n) is 6.03. The number of hydrazone groups is 1. The van der Waals surface area contributed by atoms with Crippen molar-refractivity contribution in [1.29, 1.82) is 0 Å². The number of fused-ring (bicyclic) bond motifs is 4. The molecule has 1 fully saturated rings. The molecule has 5 nitrogen and oxygen atoms in total. The maximum Gasteiger partial charge on any atom is 0.255 e. The van der Waals surface area contributed by atoms with E-state index >= 15 is 0 Å². The van der Waals surface area contributed by atoms with Crippen molar-refractivity contribution < 1.29 is 4.79 Å². The van der Waals surface area contributed by atoms with E-state index < -0.39 is 0 Å². The smallest absolute Gasteiger partial charge is 0.255 e. The molecule has 1 saturated carbocycles. The van der Waals surface area contributed by atoms with E-state index in [1.807, 2.05) is 23.2 Å². The van der Waals surface area contributed by atoms with Gasteiger partial charge in [0.15, 0.2) is 11.2 Å². The molecule has 1 aliphatic carbocycles. The number of para-hydroxylation sites is 1. The number of hydrogen-bond donors (Lipinski definition) is 2. The molecular weight excluding hydrogens is 296 g/mol. The third kappa shape index (κ3) is 2.00. The minimum atomic E-state index is -0.322. The number of carbonyl (C=O) groups is 1. The van der Waals surface area contributed by atoms with Crippen molar-refractivity contribution in [2.45, 2.75) is 44.3 Å². The number of rotatable bonds is 1. The van der Waals surface area contributed by atoms with Crippen LogP contribution in [0.2, 0.25) is 0 Å². The lowest BCUT2D eigenvalue weighted by Gasteiger charge is -2.50. The van der Waals surface area contributed by atoms with Gasteiger partial charge in [-0.2, -0.15) is 0 Å². The highest BCUT2D eigenvalue weighted by atomic mass is 32.2. The van der Waals surface area contributed by atoms with E-state index in [2.05, 4.69) is 23.6 Å². The van der Waals surface area contributed by atoms with Gasteiger partial charge in [0.25, 0.3) is 5.91 Å². The zero-order valence-electron chi connectivity index (χ0n) is 12.6. The lowest BCUT2D eigenvalue weighted by molar-refractivity contribution is -0.129. The molecule has 6 heteroatoms. The van der Waals surface area contributed by atoms with Gasteiger partial charge in [0.05, 0.1) is 0 Å². The van der Waals surface area contributed by atoms with E-state index in [-0.39, 0.29) is 17.6 Å². The zero-order chi connectivity index (χ0) is 15.2. The summed E-state index contributed by atoms with van der Waals surface area (Å²) in [4.78, 5) is 12.7. The average Bonchev–Trinajstić information content (AvgIpc) is 2.97. The third-order valence-corrected chi connectivity index (χ3v) is 5.44. The summed E-state index contributed by atoms with van der Waals surface area (Å²) in [5, 5.41) is 14.2. The minimum Gasteiger partial charge on any atom is -0.361 e. The Morgan fingerprint density at radius 1 is 1.36 bits per heavy atom. The van der Waals surface area contributed by atoms with Crippen LogP contribution in [0.3, 0.4) is 0 Å². The van der Waals surface area contributed by atoms with Crippen LogP contribution < -0.4 is 10.6 Å². The number of anilines is 1. The minimum absolute atomic E-state index is 0.0335. The van der Waals surface area contributed by atoms with Crippen LogP contribution >= 0.6 is 11.8 Å². The molecule has 116 valence electrons. The van der Waals surface area contributed by atoms with Gasteiger partial charge >= 0.3 is 0 Å². The molecule has 3 aliphatic rings. The Morgan fingerprint density at radius 2 is 2.14 bits per heavy atom. The van der Waals surface area contributed by atoms with Crippen LogP contribution in [0.15, 0.2) is 29.4 Å². The molecular formula is C16H20N4OS. The van der Waals surface area contributed by atoms with Crippen LogP contribution in [0.4, 0.5) is 5.69 Å². The molecule has 0 unspecified atom stereocenters. The Morgan fingerprint density at radius 3 is 2.91 bits per heavy atom. The van der Waals surface area contributed by atoms with Gasteiger partial charge in [-0.1, -0.05) is 36.9 Å². The molecule has 1 aromatic rings. The van der Waals surface area contributed by atoms with Gasteiger partial charge in [-0.15, -0.1) is 5.10 Å². The van der Waals surface area contributed by atoms with Crippen LogP contribution in [0.25, 0.3) is 0 Å². The van der Waals surface area contributed by atoms with Gasteiger partial charge in [-0.05, 0) is 37.5 Å². The first kappa shape index (κ1) is 13.9. The van der Waals surface area contributed by atoms with Gasteiger partial charge in [-0.25, -0.2) is 0 Å². The zero-order valence-corrected chi connectivity index (χ0v) is 13.4. The summed E-state index contributed by atoms with van der Waals surface area (Å²) < 4.78 is 0. The van der Waals surface area contributed by atoms with E-state index in [0.717, 1.165) is 35.0 Å². The van der Waals surface area contributed by atoms with E-state index in [9.17, 15) is 4.79 Å². The van der Waals surface area contributed by atoms with E-state index in [1.165, 1.54) is 12.8 Å². The number of thioether (sulfide) groups is 1. The molecule has 1 aromatic carbocycles. The first-order chi connectivity index (χ1) is 10.7. The number of carbonyl (C=O) groups excluding carboxylic acids is 1. The molecule has 2 heterocycles. The molecule has 22 heavy (non-hydrogen) atoms. The Balaban J connectivity index is 1.84. The summed E-state index contributed by atoms with van der Waals surface area (Å²) in [6.07, 6.45) is 4.40. The van der Waals surface area contributed by atoms with Crippen molar-refractivity contribution in [2.75, 3.05) is 11.1 Å². The second-order valence-corrected chi connectivity index (χ2v) is 7.28. The molecule has 0 bridgehead atoms. The standard InChI is InChI=1S/C16H20N4OS/c1-2-22-15-17-14(21)13-11-7-3-4-8-12(11)18-16(20(13)19-15)9-5-6-10-16/h3-4,7-8,13,18H,2,5-6,9-10H2,1H3,(H,17,19,21)/t13-/m0/s1. The van der Waals surface area contributed by atoms with Crippen LogP contribution in [-0.4, -0.2) is 27.5 Å². The van der Waals surface area contributed by atoms with Crippen LogP contribution in [0.5, 0.6) is 0 Å². The molecule has 2 aliphatic heterocycles. The maximum atomic E-state index is 12.7. The van der Waals surface area contributed by atoms with Crippen molar-refractivity contribution in [3.63, 3.8) is 0 Å². The Bertz CT molecular complexity index is 639. The molecule has 1 amide bonds. The van der Waals surface area contributed by atoms with Gasteiger partial charge in [0.1, 0.15) is 5.66 Å². The van der Waals surface area contributed by atoms with Crippen LogP contribution in [0.1, 0.15) is 44.2 Å². The molecule has 4 rings (SSSR count). The van der Waals surface area contributed by atoms with E-state index in [0.29, 0.717) is 0 Å². The third-order valence-electron chi connectivity index (χ3n) is 4.69.